The zero-order valence-corrected chi connectivity index (χ0v) is 15.8. The molecule has 0 radical (unpaired) electrons. The van der Waals surface area contributed by atoms with Gasteiger partial charge in [-0.1, -0.05) is 63.7 Å². The highest BCUT2D eigenvalue weighted by molar-refractivity contribution is 9.26. The number of ketones is 1. The number of carbonyl (C=O) groups excluding carboxylic acids is 1. The molecule has 1 atom stereocenters. The highest BCUT2D eigenvalue weighted by Crippen LogP contribution is 2.49. The highest BCUT2D eigenvalue weighted by Gasteiger charge is 2.41. The maximum Gasteiger partial charge on any atom is 0.194 e. The molecule has 0 amide bonds. The van der Waals surface area contributed by atoms with E-state index in [2.05, 4.69) is 63.7 Å². The fraction of sp³-hybridized carbons (Fsp3) is 0.417. The van der Waals surface area contributed by atoms with Gasteiger partial charge >= 0.3 is 0 Å². The van der Waals surface area contributed by atoms with Crippen molar-refractivity contribution >= 4 is 69.5 Å². The van der Waals surface area contributed by atoms with Crippen molar-refractivity contribution in [3.63, 3.8) is 0 Å². The Morgan fingerprint density at radius 3 is 2.67 bits per heavy atom. The van der Waals surface area contributed by atoms with E-state index in [0.29, 0.717) is 17.7 Å². The van der Waals surface area contributed by atoms with Crippen LogP contribution in [0.15, 0.2) is 16.6 Å². The summed E-state index contributed by atoms with van der Waals surface area (Å²) in [7, 11) is 1.58. The van der Waals surface area contributed by atoms with Gasteiger partial charge in [0.15, 0.2) is 5.78 Å². The summed E-state index contributed by atoms with van der Waals surface area (Å²) in [6, 6.07) is 3.72. The quantitative estimate of drug-likeness (QED) is 0.380. The number of Topliss-reactive ketones (excluding diaryl/α,β-unsaturated/α-hetero) is 1. The molecule has 1 aromatic carbocycles. The van der Waals surface area contributed by atoms with Crippen molar-refractivity contribution in [1.29, 1.82) is 0 Å². The summed E-state index contributed by atoms with van der Waals surface area (Å²) < 4.78 is 5.54. The van der Waals surface area contributed by atoms with Gasteiger partial charge in [0.2, 0.25) is 0 Å². The van der Waals surface area contributed by atoms with Crippen LogP contribution in [-0.2, 0) is 0 Å². The minimum atomic E-state index is -0.717. The largest absolute Gasteiger partial charge is 0.496 e. The van der Waals surface area contributed by atoms with E-state index >= 15 is 0 Å². The van der Waals surface area contributed by atoms with Crippen molar-refractivity contribution in [2.24, 2.45) is 0 Å². The summed E-state index contributed by atoms with van der Waals surface area (Å²) in [5.41, 5.74) is 1.58. The summed E-state index contributed by atoms with van der Waals surface area (Å²) >= 11 is 14.1. The molecule has 0 spiro atoms. The van der Waals surface area contributed by atoms with Crippen LogP contribution < -0.4 is 4.74 Å². The Hall–Kier alpha value is 0.610. The van der Waals surface area contributed by atoms with Crippen LogP contribution in [0.4, 0.5) is 0 Å². The molecule has 2 nitrogen and oxygen atoms in total. The first-order valence-electron chi connectivity index (χ1n) is 5.31. The zero-order valence-electron chi connectivity index (χ0n) is 9.47. The number of hydrogen-bond donors (Lipinski definition) is 0. The van der Waals surface area contributed by atoms with Gasteiger partial charge in [-0.05, 0) is 30.5 Å². The maximum absolute atomic E-state index is 12.6. The van der Waals surface area contributed by atoms with Gasteiger partial charge in [-0.2, -0.15) is 0 Å². The number of ether oxygens (including phenoxy) is 1. The van der Waals surface area contributed by atoms with Crippen LogP contribution >= 0.6 is 63.7 Å². The van der Waals surface area contributed by atoms with E-state index in [1.165, 1.54) is 0 Å². The van der Waals surface area contributed by atoms with Crippen LogP contribution in [0.2, 0.25) is 0 Å². The van der Waals surface area contributed by atoms with E-state index in [1.807, 2.05) is 12.1 Å². The topological polar surface area (TPSA) is 26.3 Å². The summed E-state index contributed by atoms with van der Waals surface area (Å²) in [4.78, 5) is 12.7. The molecule has 0 aliphatic heterocycles. The minimum Gasteiger partial charge on any atom is -0.496 e. The molecule has 1 aromatic rings. The van der Waals surface area contributed by atoms with Crippen molar-refractivity contribution in [3.05, 3.63) is 27.7 Å². The first kappa shape index (κ1) is 15.0. The molecular weight excluding hydrogens is 496 g/mol. The average Bonchev–Trinajstić information content (AvgIpc) is 2.42. The number of hydrogen-bond acceptors (Lipinski definition) is 2. The van der Waals surface area contributed by atoms with Gasteiger partial charge in [0, 0.05) is 9.30 Å². The van der Waals surface area contributed by atoms with E-state index in [4.69, 9.17) is 4.74 Å². The molecule has 0 fully saturated rings. The Balaban J connectivity index is 2.73. The summed E-state index contributed by atoms with van der Waals surface area (Å²) in [5.74, 6) is 0.602. The van der Waals surface area contributed by atoms with E-state index in [1.54, 1.807) is 7.11 Å². The van der Waals surface area contributed by atoms with Crippen molar-refractivity contribution in [2.75, 3.05) is 7.11 Å². The van der Waals surface area contributed by atoms with Gasteiger partial charge in [-0.3, -0.25) is 4.79 Å². The lowest BCUT2D eigenvalue weighted by Crippen LogP contribution is -2.24. The van der Waals surface area contributed by atoms with Gasteiger partial charge in [-0.25, -0.2) is 0 Å². The second-order valence-electron chi connectivity index (χ2n) is 4.08. The lowest BCUT2D eigenvalue weighted by molar-refractivity contribution is 0.0979. The third kappa shape index (κ3) is 2.58. The van der Waals surface area contributed by atoms with Gasteiger partial charge < -0.3 is 4.74 Å². The van der Waals surface area contributed by atoms with Gasteiger partial charge in [0.1, 0.15) is 8.98 Å². The first-order chi connectivity index (χ1) is 8.38. The van der Waals surface area contributed by atoms with Gasteiger partial charge in [0.05, 0.1) is 12.7 Å². The lowest BCUT2D eigenvalue weighted by atomic mass is 10.0. The molecule has 1 aliphatic carbocycles. The number of carbonyl (C=O) groups is 1. The normalized spacial score (nSPS) is 22.3. The predicted octanol–water partition coefficient (Wildman–Crippen LogP) is 5.36. The van der Waals surface area contributed by atoms with Crippen molar-refractivity contribution in [2.45, 2.75) is 20.9 Å². The Bertz CT molecular complexity index is 499. The fourth-order valence-corrected chi connectivity index (χ4v) is 4.51. The standard InChI is InChI=1S/C12H10Br4O2/c1-18-8-3-2-6(13)9-7(14)4-5-12(15,16)11(17)10(8)9/h2-3,7H,4-5H2,1H3/t7-/m1/s1. The van der Waals surface area contributed by atoms with Crippen LogP contribution in [0.3, 0.4) is 0 Å². The van der Waals surface area contributed by atoms with Crippen LogP contribution in [0.5, 0.6) is 5.75 Å². The Morgan fingerprint density at radius 1 is 1.39 bits per heavy atom. The van der Waals surface area contributed by atoms with Crippen LogP contribution in [0, 0.1) is 0 Å². The van der Waals surface area contributed by atoms with Gasteiger partial charge in [0.25, 0.3) is 0 Å². The molecule has 0 aromatic heterocycles. The maximum atomic E-state index is 12.6. The second kappa shape index (κ2) is 5.54. The smallest absolute Gasteiger partial charge is 0.194 e. The highest BCUT2D eigenvalue weighted by atomic mass is 79.9. The molecule has 1 aliphatic rings. The zero-order chi connectivity index (χ0) is 13.5. The van der Waals surface area contributed by atoms with Crippen LogP contribution in [0.1, 0.15) is 33.6 Å². The molecular formula is C12H10Br4O2. The molecule has 6 heteroatoms. The molecule has 18 heavy (non-hydrogen) atoms. The van der Waals surface area contributed by atoms with Crippen LogP contribution in [0.25, 0.3) is 0 Å². The molecule has 0 N–H and O–H groups in total. The fourth-order valence-electron chi connectivity index (χ4n) is 2.03. The van der Waals surface area contributed by atoms with Crippen molar-refractivity contribution in [1.82, 2.24) is 0 Å². The third-order valence-electron chi connectivity index (χ3n) is 2.96. The number of methoxy groups -OCH3 is 1. The van der Waals surface area contributed by atoms with Crippen molar-refractivity contribution < 1.29 is 9.53 Å². The number of alkyl halides is 3. The number of halogens is 4. The lowest BCUT2D eigenvalue weighted by Gasteiger charge is -2.18. The average molecular weight is 506 g/mol. The molecule has 0 bridgehead atoms. The first-order valence-corrected chi connectivity index (χ1v) is 8.61. The Morgan fingerprint density at radius 2 is 2.06 bits per heavy atom. The molecule has 0 heterocycles. The minimum absolute atomic E-state index is 0.00222. The SMILES string of the molecule is COc1ccc(Br)c2c1C(=O)C(Br)(Br)CC[C@H]2Br. The van der Waals surface area contributed by atoms with E-state index in [-0.39, 0.29) is 10.6 Å². The summed E-state index contributed by atoms with van der Waals surface area (Å²) in [6.07, 6.45) is 1.55. The predicted molar refractivity (Wildman–Crippen MR) is 86.5 cm³/mol. The van der Waals surface area contributed by atoms with Crippen LogP contribution in [-0.4, -0.2) is 16.1 Å². The second-order valence-corrected chi connectivity index (χ2v) is 9.81. The van der Waals surface area contributed by atoms with Crippen molar-refractivity contribution in [3.8, 4) is 5.75 Å². The summed E-state index contributed by atoms with van der Waals surface area (Å²) in [5, 5.41) is 0. The number of fused-ring (bicyclic) bond motifs is 1. The Kier molecular flexibility index (Phi) is 4.62. The van der Waals surface area contributed by atoms with E-state index < -0.39 is 3.23 Å². The molecule has 0 saturated carbocycles. The third-order valence-corrected chi connectivity index (χ3v) is 6.08. The molecule has 0 saturated heterocycles. The van der Waals surface area contributed by atoms with E-state index in [9.17, 15) is 4.79 Å². The Labute approximate surface area is 139 Å². The monoisotopic (exact) mass is 502 g/mol. The van der Waals surface area contributed by atoms with Gasteiger partial charge in [-0.15, -0.1) is 0 Å². The molecule has 2 rings (SSSR count). The number of rotatable bonds is 1. The number of benzene rings is 1. The molecule has 98 valence electrons. The molecule has 0 unspecified atom stereocenters. The summed E-state index contributed by atoms with van der Waals surface area (Å²) in [6.45, 7) is 0. The van der Waals surface area contributed by atoms with E-state index in [0.717, 1.165) is 16.5 Å².